The monoisotopic (exact) mass is 299 g/mol. The predicted molar refractivity (Wildman–Crippen MR) is 79.0 cm³/mol. The number of alkyl halides is 3. The van der Waals surface area contributed by atoms with Gasteiger partial charge in [0.1, 0.15) is 0 Å². The fraction of sp³-hybridized carbons (Fsp3) is 0.647. The van der Waals surface area contributed by atoms with Crippen LogP contribution in [0.15, 0.2) is 30.3 Å². The van der Waals surface area contributed by atoms with Gasteiger partial charge in [-0.15, -0.1) is 0 Å². The van der Waals surface area contributed by atoms with Crippen LogP contribution in [0.25, 0.3) is 0 Å². The Morgan fingerprint density at radius 3 is 2.48 bits per heavy atom. The summed E-state index contributed by atoms with van der Waals surface area (Å²) in [4.78, 5) is 0. The van der Waals surface area contributed by atoms with Gasteiger partial charge in [0.05, 0.1) is 6.42 Å². The van der Waals surface area contributed by atoms with Crippen molar-refractivity contribution in [1.82, 2.24) is 5.32 Å². The van der Waals surface area contributed by atoms with Crippen LogP contribution < -0.4 is 5.32 Å². The summed E-state index contributed by atoms with van der Waals surface area (Å²) in [5.41, 5.74) is 0.938. The molecule has 0 bridgehead atoms. The number of nitrogens with one attached hydrogen (secondary N) is 1. The van der Waals surface area contributed by atoms with Crippen molar-refractivity contribution in [3.63, 3.8) is 0 Å². The van der Waals surface area contributed by atoms with Gasteiger partial charge in [-0.3, -0.25) is 0 Å². The summed E-state index contributed by atoms with van der Waals surface area (Å²) < 4.78 is 38.6. The van der Waals surface area contributed by atoms with Crippen molar-refractivity contribution in [3.8, 4) is 0 Å². The summed E-state index contributed by atoms with van der Waals surface area (Å²) in [7, 11) is 0. The number of halogens is 3. The van der Waals surface area contributed by atoms with Crippen LogP contribution >= 0.6 is 0 Å². The van der Waals surface area contributed by atoms with E-state index in [9.17, 15) is 13.2 Å². The quantitative estimate of drug-likeness (QED) is 0.802. The molecule has 21 heavy (non-hydrogen) atoms. The summed E-state index contributed by atoms with van der Waals surface area (Å²) in [6.45, 7) is 4.39. The lowest BCUT2D eigenvalue weighted by Gasteiger charge is -2.37. The Bertz CT molecular complexity index is 439. The molecule has 0 saturated heterocycles. The topological polar surface area (TPSA) is 12.0 Å². The molecule has 118 valence electrons. The molecule has 0 radical (unpaired) electrons. The van der Waals surface area contributed by atoms with Gasteiger partial charge in [-0.2, -0.15) is 13.2 Å². The average Bonchev–Trinajstić information content (AvgIpc) is 2.36. The first-order chi connectivity index (χ1) is 9.75. The third-order valence-electron chi connectivity index (χ3n) is 4.28. The molecular formula is C17H24F3N. The van der Waals surface area contributed by atoms with Crippen LogP contribution in [-0.4, -0.2) is 12.2 Å². The zero-order valence-electron chi connectivity index (χ0n) is 12.7. The normalized spacial score (nSPS) is 23.8. The van der Waals surface area contributed by atoms with Crippen LogP contribution in [0.5, 0.6) is 0 Å². The van der Waals surface area contributed by atoms with Crippen LogP contribution in [0.3, 0.4) is 0 Å². The fourth-order valence-electron chi connectivity index (χ4n) is 3.31. The third-order valence-corrected chi connectivity index (χ3v) is 4.28. The maximum Gasteiger partial charge on any atom is 0.390 e. The van der Waals surface area contributed by atoms with Gasteiger partial charge in [-0.05, 0) is 30.2 Å². The second-order valence-electron chi connectivity index (χ2n) is 6.91. The van der Waals surface area contributed by atoms with Crippen molar-refractivity contribution in [2.24, 2.45) is 5.41 Å². The molecule has 1 N–H and O–H groups in total. The van der Waals surface area contributed by atoms with E-state index >= 15 is 0 Å². The third kappa shape index (κ3) is 5.34. The van der Waals surface area contributed by atoms with E-state index in [1.54, 1.807) is 24.3 Å². The maximum atomic E-state index is 12.9. The molecule has 1 aromatic carbocycles. The van der Waals surface area contributed by atoms with Gasteiger partial charge in [0, 0.05) is 12.1 Å². The minimum absolute atomic E-state index is 0.168. The number of hydrogen-bond acceptors (Lipinski definition) is 1. The molecule has 1 aliphatic rings. The molecule has 2 unspecified atom stereocenters. The van der Waals surface area contributed by atoms with E-state index in [0.29, 0.717) is 0 Å². The molecule has 0 spiro atoms. The molecule has 0 aromatic heterocycles. The van der Waals surface area contributed by atoms with Crippen molar-refractivity contribution in [3.05, 3.63) is 35.9 Å². The lowest BCUT2D eigenvalue weighted by atomic mass is 9.75. The lowest BCUT2D eigenvalue weighted by molar-refractivity contribution is -0.141. The molecule has 0 aliphatic heterocycles. The second kappa shape index (κ2) is 6.39. The molecule has 1 saturated carbocycles. The highest BCUT2D eigenvalue weighted by Gasteiger charge is 2.35. The first-order valence-corrected chi connectivity index (χ1v) is 7.63. The highest BCUT2D eigenvalue weighted by Crippen LogP contribution is 2.37. The molecule has 1 fully saturated rings. The van der Waals surface area contributed by atoms with Crippen LogP contribution in [-0.2, 0) is 0 Å². The van der Waals surface area contributed by atoms with E-state index in [4.69, 9.17) is 0 Å². The van der Waals surface area contributed by atoms with E-state index in [1.165, 1.54) is 0 Å². The average molecular weight is 299 g/mol. The Morgan fingerprint density at radius 2 is 1.90 bits per heavy atom. The van der Waals surface area contributed by atoms with Gasteiger partial charge < -0.3 is 5.32 Å². The van der Waals surface area contributed by atoms with E-state index in [0.717, 1.165) is 31.2 Å². The number of hydrogen-bond donors (Lipinski definition) is 1. The molecule has 1 nitrogen and oxygen atoms in total. The van der Waals surface area contributed by atoms with Crippen LogP contribution in [0, 0.1) is 5.41 Å². The van der Waals surface area contributed by atoms with E-state index in [-0.39, 0.29) is 11.5 Å². The summed E-state index contributed by atoms with van der Waals surface area (Å²) in [6, 6.07) is 8.50. The minimum atomic E-state index is -4.16. The second-order valence-corrected chi connectivity index (χ2v) is 6.91. The van der Waals surface area contributed by atoms with Crippen LogP contribution in [0.1, 0.15) is 57.6 Å². The van der Waals surface area contributed by atoms with Crippen molar-refractivity contribution >= 4 is 0 Å². The van der Waals surface area contributed by atoms with Crippen molar-refractivity contribution in [2.75, 3.05) is 0 Å². The molecular weight excluding hydrogens is 275 g/mol. The summed E-state index contributed by atoms with van der Waals surface area (Å²) in [6.07, 6.45) is -0.830. The molecule has 2 atom stereocenters. The zero-order chi connectivity index (χ0) is 15.5. The zero-order valence-corrected chi connectivity index (χ0v) is 12.7. The summed E-state index contributed by atoms with van der Waals surface area (Å²) in [5, 5.41) is 3.26. The first-order valence-electron chi connectivity index (χ1n) is 7.63. The molecule has 4 heteroatoms. The molecule has 2 rings (SSSR count). The summed E-state index contributed by atoms with van der Waals surface area (Å²) in [5.74, 6) is 0. The van der Waals surface area contributed by atoms with Gasteiger partial charge in [0.2, 0.25) is 0 Å². The number of rotatable bonds is 4. The standard InChI is InChI=1S/C17H24F3N/c1-16(2)10-6-9-14(11-16)21-15(12-17(18,19)20)13-7-4-3-5-8-13/h3-5,7-8,14-15,21H,6,9-12H2,1-2H3. The molecule has 0 heterocycles. The van der Waals surface area contributed by atoms with E-state index in [2.05, 4.69) is 19.2 Å². The van der Waals surface area contributed by atoms with Crippen molar-refractivity contribution < 1.29 is 13.2 Å². The van der Waals surface area contributed by atoms with E-state index < -0.39 is 18.6 Å². The predicted octanol–water partition coefficient (Wildman–Crippen LogP) is 5.24. The van der Waals surface area contributed by atoms with Gasteiger partial charge in [0.15, 0.2) is 0 Å². The van der Waals surface area contributed by atoms with Crippen LogP contribution in [0.2, 0.25) is 0 Å². The van der Waals surface area contributed by atoms with E-state index in [1.807, 2.05) is 6.07 Å². The first kappa shape index (κ1) is 16.3. The lowest BCUT2D eigenvalue weighted by Crippen LogP contribution is -2.40. The maximum absolute atomic E-state index is 12.9. The Labute approximate surface area is 124 Å². The summed E-state index contributed by atoms with van der Waals surface area (Å²) >= 11 is 0. The largest absolute Gasteiger partial charge is 0.390 e. The van der Waals surface area contributed by atoms with Crippen molar-refractivity contribution in [2.45, 2.75) is 64.2 Å². The number of benzene rings is 1. The SMILES string of the molecule is CC1(C)CCCC(NC(CC(F)(F)F)c2ccccc2)C1. The smallest absolute Gasteiger partial charge is 0.307 e. The minimum Gasteiger partial charge on any atom is -0.307 e. The highest BCUT2D eigenvalue weighted by atomic mass is 19.4. The van der Waals surface area contributed by atoms with Gasteiger partial charge in [-0.25, -0.2) is 0 Å². The molecule has 0 amide bonds. The Kier molecular flexibility index (Phi) is 4.97. The fourth-order valence-corrected chi connectivity index (χ4v) is 3.31. The van der Waals surface area contributed by atoms with Crippen molar-refractivity contribution in [1.29, 1.82) is 0 Å². The van der Waals surface area contributed by atoms with Crippen LogP contribution in [0.4, 0.5) is 13.2 Å². The van der Waals surface area contributed by atoms with Gasteiger partial charge in [0.25, 0.3) is 0 Å². The molecule has 1 aliphatic carbocycles. The Balaban J connectivity index is 2.09. The Hall–Kier alpha value is -1.03. The van der Waals surface area contributed by atoms with Gasteiger partial charge >= 0.3 is 6.18 Å². The Morgan fingerprint density at radius 1 is 1.24 bits per heavy atom. The highest BCUT2D eigenvalue weighted by molar-refractivity contribution is 5.19. The van der Waals surface area contributed by atoms with Gasteiger partial charge in [-0.1, -0.05) is 50.6 Å². The molecule has 1 aromatic rings.